The van der Waals surface area contributed by atoms with E-state index in [4.69, 9.17) is 10.5 Å². The molecule has 2 rings (SSSR count). The molecule has 2 fully saturated rings. The van der Waals surface area contributed by atoms with Gasteiger partial charge in [0.2, 0.25) is 0 Å². The van der Waals surface area contributed by atoms with Crippen LogP contribution in [-0.2, 0) is 4.74 Å². The van der Waals surface area contributed by atoms with Crippen LogP contribution in [0.3, 0.4) is 0 Å². The Labute approximate surface area is 131 Å². The van der Waals surface area contributed by atoms with Crippen LogP contribution in [0.15, 0.2) is 0 Å². The Morgan fingerprint density at radius 2 is 1.76 bits per heavy atom. The van der Waals surface area contributed by atoms with Crippen molar-refractivity contribution in [3.05, 3.63) is 0 Å². The first-order valence-electron chi connectivity index (χ1n) is 8.53. The number of hydrogen-bond acceptors (Lipinski definition) is 4. The zero-order chi connectivity index (χ0) is 15.9. The van der Waals surface area contributed by atoms with Crippen LogP contribution in [0, 0.1) is 0 Å². The van der Waals surface area contributed by atoms with Crippen LogP contribution >= 0.6 is 0 Å². The van der Waals surface area contributed by atoms with Gasteiger partial charge >= 0.3 is 0 Å². The van der Waals surface area contributed by atoms with Crippen molar-refractivity contribution >= 4 is 0 Å². The highest BCUT2D eigenvalue weighted by Crippen LogP contribution is 2.48. The first-order chi connectivity index (χ1) is 9.67. The topological polar surface area (TPSA) is 41.7 Å². The van der Waals surface area contributed by atoms with Gasteiger partial charge in [0.25, 0.3) is 0 Å². The molecule has 2 N–H and O–H groups in total. The summed E-state index contributed by atoms with van der Waals surface area (Å²) in [6, 6.07) is 0.619. The summed E-state index contributed by atoms with van der Waals surface area (Å²) in [7, 11) is 2.27. The van der Waals surface area contributed by atoms with E-state index in [1.54, 1.807) is 0 Å². The summed E-state index contributed by atoms with van der Waals surface area (Å²) in [4.78, 5) is 5.11. The number of hydrogen-bond donors (Lipinski definition) is 1. The first-order valence-corrected chi connectivity index (χ1v) is 8.53. The van der Waals surface area contributed by atoms with Gasteiger partial charge in [0.15, 0.2) is 0 Å². The summed E-state index contributed by atoms with van der Waals surface area (Å²) in [5, 5.41) is 0. The van der Waals surface area contributed by atoms with Crippen molar-refractivity contribution in [3.8, 4) is 0 Å². The molecule has 0 amide bonds. The predicted octanol–water partition coefficient (Wildman–Crippen LogP) is 2.08. The molecule has 0 bridgehead atoms. The second-order valence-corrected chi connectivity index (χ2v) is 8.06. The Hall–Kier alpha value is -0.160. The van der Waals surface area contributed by atoms with Gasteiger partial charge in [-0.15, -0.1) is 0 Å². The van der Waals surface area contributed by atoms with Crippen molar-refractivity contribution < 1.29 is 4.74 Å². The molecule has 0 aliphatic carbocycles. The molecule has 1 unspecified atom stereocenters. The normalized spacial score (nSPS) is 33.7. The summed E-state index contributed by atoms with van der Waals surface area (Å²) in [5.41, 5.74) is 5.93. The molecule has 0 aromatic carbocycles. The van der Waals surface area contributed by atoms with Gasteiger partial charge in [0.1, 0.15) is 0 Å². The molecular formula is C17H35N3O. The van der Waals surface area contributed by atoms with E-state index in [0.717, 1.165) is 6.42 Å². The molecule has 0 spiro atoms. The van der Waals surface area contributed by atoms with E-state index in [0.29, 0.717) is 12.6 Å². The zero-order valence-corrected chi connectivity index (χ0v) is 14.9. The first kappa shape index (κ1) is 17.2. The Bertz CT molecular complexity index is 361. The van der Waals surface area contributed by atoms with Gasteiger partial charge in [-0.1, -0.05) is 6.92 Å². The van der Waals surface area contributed by atoms with Crippen LogP contribution in [0.5, 0.6) is 0 Å². The second kappa shape index (κ2) is 5.80. The lowest BCUT2D eigenvalue weighted by Gasteiger charge is -2.51. The summed E-state index contributed by atoms with van der Waals surface area (Å²) >= 11 is 0. The van der Waals surface area contributed by atoms with Crippen molar-refractivity contribution in [3.63, 3.8) is 0 Å². The number of rotatable bonds is 4. The standard InChI is InChI=1S/C17H35N3O/c1-7-20-10-8-14(9-11-20)19(6)17(13-18)12-15(2,3)21-16(17,4)5/h14H,7-13,18H2,1-6H3. The van der Waals surface area contributed by atoms with Crippen molar-refractivity contribution in [1.82, 2.24) is 9.80 Å². The average molecular weight is 297 g/mol. The van der Waals surface area contributed by atoms with Gasteiger partial charge < -0.3 is 15.4 Å². The van der Waals surface area contributed by atoms with E-state index < -0.39 is 0 Å². The fraction of sp³-hybridized carbons (Fsp3) is 1.00. The monoisotopic (exact) mass is 297 g/mol. The highest BCUT2D eigenvalue weighted by Gasteiger charge is 2.59. The molecule has 1 atom stereocenters. The lowest BCUT2D eigenvalue weighted by Crippen LogP contribution is -2.65. The van der Waals surface area contributed by atoms with Crippen LogP contribution < -0.4 is 5.73 Å². The fourth-order valence-corrected chi connectivity index (χ4v) is 4.72. The molecule has 2 aliphatic rings. The van der Waals surface area contributed by atoms with E-state index >= 15 is 0 Å². The van der Waals surface area contributed by atoms with E-state index in [1.165, 1.54) is 32.5 Å². The Morgan fingerprint density at radius 3 is 2.14 bits per heavy atom. The molecule has 0 radical (unpaired) electrons. The highest BCUT2D eigenvalue weighted by molar-refractivity contribution is 5.13. The second-order valence-electron chi connectivity index (χ2n) is 8.06. The maximum atomic E-state index is 6.37. The SMILES string of the molecule is CCN1CCC(N(C)C2(CN)CC(C)(C)OC2(C)C)CC1. The largest absolute Gasteiger partial charge is 0.368 e. The molecule has 0 aromatic rings. The van der Waals surface area contributed by atoms with Crippen LogP contribution in [0.25, 0.3) is 0 Å². The third-order valence-corrected chi connectivity index (χ3v) is 5.94. The van der Waals surface area contributed by atoms with Crippen molar-refractivity contribution in [2.75, 3.05) is 33.2 Å². The van der Waals surface area contributed by atoms with Crippen molar-refractivity contribution in [1.29, 1.82) is 0 Å². The van der Waals surface area contributed by atoms with Crippen molar-refractivity contribution in [2.45, 2.75) is 76.7 Å². The zero-order valence-electron chi connectivity index (χ0n) is 14.9. The van der Waals surface area contributed by atoms with Gasteiger partial charge in [0, 0.05) is 12.6 Å². The van der Waals surface area contributed by atoms with Gasteiger partial charge in [-0.2, -0.15) is 0 Å². The van der Waals surface area contributed by atoms with Gasteiger partial charge in [-0.25, -0.2) is 0 Å². The van der Waals surface area contributed by atoms with Crippen molar-refractivity contribution in [2.24, 2.45) is 5.73 Å². The summed E-state index contributed by atoms with van der Waals surface area (Å²) in [5.74, 6) is 0. The minimum absolute atomic E-state index is 0.0600. The van der Waals surface area contributed by atoms with E-state index in [1.807, 2.05) is 0 Å². The van der Waals surface area contributed by atoms with E-state index in [9.17, 15) is 0 Å². The molecule has 4 nitrogen and oxygen atoms in total. The number of ether oxygens (including phenoxy) is 1. The minimum Gasteiger partial charge on any atom is -0.368 e. The molecule has 124 valence electrons. The number of likely N-dealkylation sites (N-methyl/N-ethyl adjacent to an activating group) is 1. The fourth-order valence-electron chi connectivity index (χ4n) is 4.72. The number of nitrogens with two attached hydrogens (primary N) is 1. The average Bonchev–Trinajstić information content (AvgIpc) is 2.62. The molecule has 2 aliphatic heterocycles. The molecule has 0 saturated carbocycles. The lowest BCUT2D eigenvalue weighted by molar-refractivity contribution is -0.109. The van der Waals surface area contributed by atoms with Gasteiger partial charge in [-0.3, -0.25) is 4.90 Å². The van der Waals surface area contributed by atoms with Crippen LogP contribution in [0.4, 0.5) is 0 Å². The predicted molar refractivity (Wildman–Crippen MR) is 88.5 cm³/mol. The Balaban J connectivity index is 2.17. The number of piperidine rings is 1. The summed E-state index contributed by atoms with van der Waals surface area (Å²) in [6.07, 6.45) is 3.49. The maximum absolute atomic E-state index is 6.37. The molecule has 0 aromatic heterocycles. The number of likely N-dealkylation sites (tertiary alicyclic amines) is 1. The van der Waals surface area contributed by atoms with Crippen LogP contribution in [0.2, 0.25) is 0 Å². The number of nitrogens with zero attached hydrogens (tertiary/aromatic N) is 2. The highest BCUT2D eigenvalue weighted by atomic mass is 16.5. The third kappa shape index (κ3) is 3.00. The Morgan fingerprint density at radius 1 is 1.19 bits per heavy atom. The summed E-state index contributed by atoms with van der Waals surface area (Å²) in [6.45, 7) is 15.3. The molecule has 2 saturated heterocycles. The smallest absolute Gasteiger partial charge is 0.0830 e. The van der Waals surface area contributed by atoms with E-state index in [-0.39, 0.29) is 16.7 Å². The van der Waals surface area contributed by atoms with Gasteiger partial charge in [0.05, 0.1) is 16.7 Å². The molecule has 4 heteroatoms. The van der Waals surface area contributed by atoms with Crippen LogP contribution in [0.1, 0.15) is 53.9 Å². The summed E-state index contributed by atoms with van der Waals surface area (Å²) < 4.78 is 6.37. The molecule has 2 heterocycles. The van der Waals surface area contributed by atoms with E-state index in [2.05, 4.69) is 51.5 Å². The molecule has 21 heavy (non-hydrogen) atoms. The maximum Gasteiger partial charge on any atom is 0.0830 e. The quantitative estimate of drug-likeness (QED) is 0.862. The van der Waals surface area contributed by atoms with Gasteiger partial charge in [-0.05, 0) is 73.6 Å². The lowest BCUT2D eigenvalue weighted by atomic mass is 9.76. The molecular weight excluding hydrogens is 262 g/mol. The Kier molecular flexibility index (Phi) is 4.75. The minimum atomic E-state index is -0.206. The van der Waals surface area contributed by atoms with Crippen LogP contribution in [-0.4, -0.2) is 65.8 Å². The third-order valence-electron chi connectivity index (χ3n) is 5.94.